The summed E-state index contributed by atoms with van der Waals surface area (Å²) >= 11 is 0. The third-order valence-corrected chi connectivity index (χ3v) is 5.37. The van der Waals surface area contributed by atoms with Gasteiger partial charge in [-0.15, -0.1) is 0 Å². The fourth-order valence-electron chi connectivity index (χ4n) is 3.98. The second kappa shape index (κ2) is 7.21. The van der Waals surface area contributed by atoms with Crippen molar-refractivity contribution in [2.75, 3.05) is 0 Å². The van der Waals surface area contributed by atoms with Crippen LogP contribution in [0.2, 0.25) is 0 Å². The van der Waals surface area contributed by atoms with Crippen LogP contribution < -0.4 is 0 Å². The summed E-state index contributed by atoms with van der Waals surface area (Å²) in [5, 5.41) is 2.27. The molecule has 0 aliphatic carbocycles. The minimum absolute atomic E-state index is 0.669. The molecule has 142 valence electrons. The van der Waals surface area contributed by atoms with Crippen LogP contribution in [0.3, 0.4) is 0 Å². The maximum atomic E-state index is 6.16. The standard InChI is InChI=1S/C27H23NO/c1-18(2)16-19-10-12-20(13-11-19)21-14-15-25(28-17-21)24-8-5-7-23-22-6-3-4-9-26(22)29-27(23)24/h3-15,17-18H,16H2,1-2H3. The molecule has 2 aromatic heterocycles. The van der Waals surface area contributed by atoms with Gasteiger partial charge in [0, 0.05) is 28.1 Å². The van der Waals surface area contributed by atoms with E-state index in [1.165, 1.54) is 11.1 Å². The number of pyridine rings is 1. The molecular formula is C27H23NO. The first-order valence-corrected chi connectivity index (χ1v) is 10.1. The Kier molecular flexibility index (Phi) is 4.40. The van der Waals surface area contributed by atoms with E-state index in [4.69, 9.17) is 9.40 Å². The van der Waals surface area contributed by atoms with Gasteiger partial charge in [-0.3, -0.25) is 4.98 Å². The molecule has 0 atom stereocenters. The number of para-hydroxylation sites is 2. The SMILES string of the molecule is CC(C)Cc1ccc(-c2ccc(-c3cccc4c3oc3ccccc34)nc2)cc1. The monoisotopic (exact) mass is 377 g/mol. The molecule has 0 amide bonds. The second-order valence-electron chi connectivity index (χ2n) is 8.01. The number of hydrogen-bond acceptors (Lipinski definition) is 2. The van der Waals surface area contributed by atoms with E-state index in [-0.39, 0.29) is 0 Å². The maximum absolute atomic E-state index is 6.16. The number of benzene rings is 3. The summed E-state index contributed by atoms with van der Waals surface area (Å²) in [5.74, 6) is 0.669. The Morgan fingerprint density at radius 1 is 0.759 bits per heavy atom. The molecular weight excluding hydrogens is 354 g/mol. The Balaban J connectivity index is 1.50. The van der Waals surface area contributed by atoms with Crippen LogP contribution in [-0.2, 0) is 6.42 Å². The minimum Gasteiger partial charge on any atom is -0.455 e. The third-order valence-electron chi connectivity index (χ3n) is 5.37. The topological polar surface area (TPSA) is 26.0 Å². The van der Waals surface area contributed by atoms with Crippen LogP contribution in [0.1, 0.15) is 19.4 Å². The Labute approximate surface area is 170 Å². The molecule has 0 spiro atoms. The number of nitrogens with zero attached hydrogens (tertiary/aromatic N) is 1. The minimum atomic E-state index is 0.669. The number of fused-ring (bicyclic) bond motifs is 3. The van der Waals surface area contributed by atoms with Gasteiger partial charge in [0.15, 0.2) is 0 Å². The average molecular weight is 377 g/mol. The second-order valence-corrected chi connectivity index (χ2v) is 8.01. The van der Waals surface area contributed by atoms with Gasteiger partial charge in [-0.25, -0.2) is 0 Å². The van der Waals surface area contributed by atoms with Gasteiger partial charge < -0.3 is 4.42 Å². The predicted molar refractivity (Wildman–Crippen MR) is 121 cm³/mol. The molecule has 0 saturated carbocycles. The Hall–Kier alpha value is -3.39. The van der Waals surface area contributed by atoms with Crippen LogP contribution in [0.4, 0.5) is 0 Å². The molecule has 0 fully saturated rings. The van der Waals surface area contributed by atoms with Crippen molar-refractivity contribution in [3.63, 3.8) is 0 Å². The Morgan fingerprint density at radius 3 is 2.28 bits per heavy atom. The van der Waals surface area contributed by atoms with E-state index in [1.54, 1.807) is 0 Å². The third kappa shape index (κ3) is 3.31. The fourth-order valence-corrected chi connectivity index (χ4v) is 3.98. The van der Waals surface area contributed by atoms with E-state index >= 15 is 0 Å². The molecule has 5 aromatic rings. The van der Waals surface area contributed by atoms with Crippen LogP contribution in [0.25, 0.3) is 44.3 Å². The molecule has 2 heterocycles. The predicted octanol–water partition coefficient (Wildman–Crippen LogP) is 7.51. The number of furan rings is 1. The molecule has 29 heavy (non-hydrogen) atoms. The first kappa shape index (κ1) is 17.7. The van der Waals surface area contributed by atoms with Gasteiger partial charge in [-0.05, 0) is 41.7 Å². The molecule has 5 rings (SSSR count). The molecule has 0 radical (unpaired) electrons. The van der Waals surface area contributed by atoms with Crippen LogP contribution in [0.15, 0.2) is 89.5 Å². The zero-order chi connectivity index (χ0) is 19.8. The van der Waals surface area contributed by atoms with Crippen LogP contribution >= 0.6 is 0 Å². The lowest BCUT2D eigenvalue weighted by molar-refractivity contribution is 0.647. The summed E-state index contributed by atoms with van der Waals surface area (Å²) in [5.41, 5.74) is 7.46. The first-order chi connectivity index (χ1) is 14.2. The number of hydrogen-bond donors (Lipinski definition) is 0. The molecule has 0 bridgehead atoms. The molecule has 0 aliphatic rings. The number of aromatic nitrogens is 1. The van der Waals surface area contributed by atoms with Gasteiger partial charge in [0.2, 0.25) is 0 Å². The van der Waals surface area contributed by atoms with Gasteiger partial charge in [0.05, 0.1) is 5.69 Å². The van der Waals surface area contributed by atoms with Crippen molar-refractivity contribution in [3.8, 4) is 22.4 Å². The van der Waals surface area contributed by atoms with E-state index in [9.17, 15) is 0 Å². The zero-order valence-corrected chi connectivity index (χ0v) is 16.7. The highest BCUT2D eigenvalue weighted by molar-refractivity contribution is 6.09. The summed E-state index contributed by atoms with van der Waals surface area (Å²) in [4.78, 5) is 4.76. The summed E-state index contributed by atoms with van der Waals surface area (Å²) in [6, 6.07) is 27.5. The van der Waals surface area contributed by atoms with E-state index in [1.807, 2.05) is 24.4 Å². The van der Waals surface area contributed by atoms with Gasteiger partial charge in [0.25, 0.3) is 0 Å². The maximum Gasteiger partial charge on any atom is 0.144 e. The molecule has 0 unspecified atom stereocenters. The summed E-state index contributed by atoms with van der Waals surface area (Å²) in [7, 11) is 0. The van der Waals surface area contributed by atoms with Crippen molar-refractivity contribution in [1.82, 2.24) is 4.98 Å². The van der Waals surface area contributed by atoms with Crippen molar-refractivity contribution in [2.24, 2.45) is 5.92 Å². The van der Waals surface area contributed by atoms with Gasteiger partial charge in [-0.2, -0.15) is 0 Å². The van der Waals surface area contributed by atoms with Crippen molar-refractivity contribution in [2.45, 2.75) is 20.3 Å². The summed E-state index contributed by atoms with van der Waals surface area (Å²) in [6.07, 6.45) is 3.06. The van der Waals surface area contributed by atoms with Crippen molar-refractivity contribution >= 4 is 21.9 Å². The largest absolute Gasteiger partial charge is 0.455 e. The normalized spacial score (nSPS) is 11.6. The molecule has 3 aromatic carbocycles. The van der Waals surface area contributed by atoms with E-state index in [0.717, 1.165) is 45.2 Å². The van der Waals surface area contributed by atoms with Crippen molar-refractivity contribution in [3.05, 3.63) is 90.6 Å². The van der Waals surface area contributed by atoms with Gasteiger partial charge in [0.1, 0.15) is 11.2 Å². The average Bonchev–Trinajstić information content (AvgIpc) is 3.13. The van der Waals surface area contributed by atoms with Gasteiger partial charge >= 0.3 is 0 Å². The van der Waals surface area contributed by atoms with E-state index in [2.05, 4.69) is 74.5 Å². The highest BCUT2D eigenvalue weighted by Crippen LogP contribution is 2.35. The lowest BCUT2D eigenvalue weighted by Gasteiger charge is -2.07. The van der Waals surface area contributed by atoms with E-state index in [0.29, 0.717) is 5.92 Å². The first-order valence-electron chi connectivity index (χ1n) is 10.1. The number of rotatable bonds is 4. The molecule has 0 saturated heterocycles. The van der Waals surface area contributed by atoms with Crippen molar-refractivity contribution < 1.29 is 4.42 Å². The summed E-state index contributed by atoms with van der Waals surface area (Å²) in [6.45, 7) is 4.50. The lowest BCUT2D eigenvalue weighted by Crippen LogP contribution is -1.93. The smallest absolute Gasteiger partial charge is 0.144 e. The Bertz CT molecular complexity index is 1280. The Morgan fingerprint density at radius 2 is 1.52 bits per heavy atom. The molecule has 2 nitrogen and oxygen atoms in total. The quantitative estimate of drug-likeness (QED) is 0.324. The van der Waals surface area contributed by atoms with E-state index < -0.39 is 0 Å². The molecule has 2 heteroatoms. The zero-order valence-electron chi connectivity index (χ0n) is 16.7. The lowest BCUT2D eigenvalue weighted by atomic mass is 9.99. The van der Waals surface area contributed by atoms with Gasteiger partial charge in [-0.1, -0.05) is 74.5 Å². The highest BCUT2D eigenvalue weighted by atomic mass is 16.3. The van der Waals surface area contributed by atoms with Crippen LogP contribution in [0.5, 0.6) is 0 Å². The van der Waals surface area contributed by atoms with Crippen LogP contribution in [-0.4, -0.2) is 4.98 Å². The molecule has 0 aliphatic heterocycles. The van der Waals surface area contributed by atoms with Crippen molar-refractivity contribution in [1.29, 1.82) is 0 Å². The fraction of sp³-hybridized carbons (Fsp3) is 0.148. The highest BCUT2D eigenvalue weighted by Gasteiger charge is 2.12. The van der Waals surface area contributed by atoms with Crippen LogP contribution in [0, 0.1) is 5.92 Å². The molecule has 0 N–H and O–H groups in total. The summed E-state index contributed by atoms with van der Waals surface area (Å²) < 4.78 is 6.16.